The number of carbonyl (C=O) groups is 1. The second kappa shape index (κ2) is 11.0. The van der Waals surface area contributed by atoms with E-state index in [1.54, 1.807) is 6.92 Å². The molecule has 0 aliphatic heterocycles. The summed E-state index contributed by atoms with van der Waals surface area (Å²) >= 11 is 1.46. The lowest BCUT2D eigenvalue weighted by Crippen LogP contribution is -2.06. The maximum atomic E-state index is 11.2. The van der Waals surface area contributed by atoms with Gasteiger partial charge >= 0.3 is 0 Å². The van der Waals surface area contributed by atoms with Crippen molar-refractivity contribution in [2.24, 2.45) is 5.92 Å². The summed E-state index contributed by atoms with van der Waals surface area (Å²) in [6, 6.07) is 14.9. The van der Waals surface area contributed by atoms with E-state index in [-0.39, 0.29) is 5.12 Å². The second-order valence-electron chi connectivity index (χ2n) is 6.27. The van der Waals surface area contributed by atoms with Crippen LogP contribution >= 0.6 is 11.8 Å². The van der Waals surface area contributed by atoms with Crippen molar-refractivity contribution in [3.63, 3.8) is 0 Å². The summed E-state index contributed by atoms with van der Waals surface area (Å²) in [5.41, 5.74) is 2.78. The quantitative estimate of drug-likeness (QED) is 0.585. The van der Waals surface area contributed by atoms with Crippen LogP contribution in [-0.2, 0) is 17.6 Å². The first-order valence-electron chi connectivity index (χ1n) is 8.80. The average molecular weight is 342 g/mol. The molecule has 128 valence electrons. The van der Waals surface area contributed by atoms with Crippen molar-refractivity contribution in [1.82, 2.24) is 4.98 Å². The Hall–Kier alpha value is -1.61. The van der Waals surface area contributed by atoms with Crippen molar-refractivity contribution < 1.29 is 4.79 Å². The highest BCUT2D eigenvalue weighted by Crippen LogP contribution is 2.22. The summed E-state index contributed by atoms with van der Waals surface area (Å²) in [6.45, 7) is 1.66. The van der Waals surface area contributed by atoms with E-state index in [4.69, 9.17) is 0 Å². The number of hydrogen-bond donors (Lipinski definition) is 0. The molecular weight excluding hydrogens is 314 g/mol. The Morgan fingerprint density at radius 3 is 2.38 bits per heavy atom. The van der Waals surface area contributed by atoms with E-state index >= 15 is 0 Å². The Labute approximate surface area is 150 Å². The summed E-state index contributed by atoms with van der Waals surface area (Å²) in [5, 5.41) is 0.229. The van der Waals surface area contributed by atoms with Crippen LogP contribution in [0.5, 0.6) is 0 Å². The summed E-state index contributed by atoms with van der Waals surface area (Å²) in [6.07, 6.45) is 10.8. The van der Waals surface area contributed by atoms with Crippen LogP contribution in [0.2, 0.25) is 0 Å². The van der Waals surface area contributed by atoms with Gasteiger partial charge in [0.05, 0.1) is 0 Å². The molecule has 2 rings (SSSR count). The van der Waals surface area contributed by atoms with Crippen LogP contribution < -0.4 is 0 Å². The molecule has 0 saturated heterocycles. The number of pyridine rings is 1. The minimum absolute atomic E-state index is 0.229. The summed E-state index contributed by atoms with van der Waals surface area (Å²) in [7, 11) is 0. The molecule has 0 amide bonds. The Kier molecular flexibility index (Phi) is 8.61. The molecule has 3 heteroatoms. The molecule has 0 aliphatic carbocycles. The minimum Gasteiger partial charge on any atom is -0.288 e. The highest BCUT2D eigenvalue weighted by Gasteiger charge is 2.10. The fourth-order valence-corrected chi connectivity index (χ4v) is 3.70. The zero-order chi connectivity index (χ0) is 17.0. The topological polar surface area (TPSA) is 30.0 Å². The molecule has 1 atom stereocenters. The maximum Gasteiger partial charge on any atom is 0.185 e. The molecule has 1 aromatic carbocycles. The van der Waals surface area contributed by atoms with Gasteiger partial charge in [0, 0.05) is 25.1 Å². The number of nitrogens with zero attached hydrogens (tertiary/aromatic N) is 1. The Balaban J connectivity index is 1.78. The van der Waals surface area contributed by atoms with Gasteiger partial charge in [0.25, 0.3) is 0 Å². The van der Waals surface area contributed by atoms with Crippen LogP contribution in [0.25, 0.3) is 0 Å². The number of aromatic nitrogens is 1. The molecule has 0 saturated carbocycles. The van der Waals surface area contributed by atoms with Crippen LogP contribution in [0.3, 0.4) is 0 Å². The number of rotatable bonds is 10. The van der Waals surface area contributed by atoms with Crippen molar-refractivity contribution in [1.29, 1.82) is 0 Å². The Bertz CT molecular complexity index is 585. The lowest BCUT2D eigenvalue weighted by molar-refractivity contribution is -0.109. The van der Waals surface area contributed by atoms with Gasteiger partial charge in [-0.05, 0) is 61.3 Å². The van der Waals surface area contributed by atoms with Gasteiger partial charge in [-0.1, -0.05) is 48.5 Å². The van der Waals surface area contributed by atoms with E-state index in [2.05, 4.69) is 47.4 Å². The largest absolute Gasteiger partial charge is 0.288 e. The molecule has 1 aromatic heterocycles. The molecule has 1 unspecified atom stereocenters. The molecule has 24 heavy (non-hydrogen) atoms. The first-order chi connectivity index (χ1) is 11.7. The zero-order valence-electron chi connectivity index (χ0n) is 14.5. The fraction of sp³-hybridized carbons (Fsp3) is 0.429. The third-order valence-corrected chi connectivity index (χ3v) is 5.19. The number of carbonyl (C=O) groups excluding carboxylic acids is 1. The standard InChI is InChI=1S/C21H27NOS/c1-18(23)24-17-14-20(10-11-21-12-15-22-16-13-21)9-5-8-19-6-3-2-4-7-19/h2-4,6-7,12-13,15-16,20H,5,8-11,14,17H2,1H3. The van der Waals surface area contributed by atoms with Gasteiger partial charge in [0.2, 0.25) is 0 Å². The molecule has 1 heterocycles. The summed E-state index contributed by atoms with van der Waals surface area (Å²) in [5.74, 6) is 1.63. The predicted octanol–water partition coefficient (Wildman–Crippen LogP) is 5.32. The highest BCUT2D eigenvalue weighted by atomic mass is 32.2. The lowest BCUT2D eigenvalue weighted by atomic mass is 9.91. The van der Waals surface area contributed by atoms with Crippen molar-refractivity contribution in [3.8, 4) is 0 Å². The van der Waals surface area contributed by atoms with Crippen molar-refractivity contribution in [2.75, 3.05) is 5.75 Å². The van der Waals surface area contributed by atoms with Crippen molar-refractivity contribution in [3.05, 3.63) is 66.0 Å². The predicted molar refractivity (Wildman–Crippen MR) is 103 cm³/mol. The van der Waals surface area contributed by atoms with Gasteiger partial charge in [-0.15, -0.1) is 0 Å². The summed E-state index contributed by atoms with van der Waals surface area (Å²) in [4.78, 5) is 15.2. The molecule has 0 N–H and O–H groups in total. The number of hydrogen-bond acceptors (Lipinski definition) is 3. The van der Waals surface area contributed by atoms with E-state index in [9.17, 15) is 4.79 Å². The van der Waals surface area contributed by atoms with Gasteiger partial charge in [0.1, 0.15) is 0 Å². The molecular formula is C21H27NOS. The van der Waals surface area contributed by atoms with Crippen LogP contribution in [0.4, 0.5) is 0 Å². The van der Waals surface area contributed by atoms with Gasteiger partial charge in [-0.25, -0.2) is 0 Å². The van der Waals surface area contributed by atoms with E-state index in [0.29, 0.717) is 5.92 Å². The average Bonchev–Trinajstić information content (AvgIpc) is 2.61. The van der Waals surface area contributed by atoms with Crippen LogP contribution in [0, 0.1) is 5.92 Å². The van der Waals surface area contributed by atoms with Crippen LogP contribution in [0.15, 0.2) is 54.9 Å². The van der Waals surface area contributed by atoms with Gasteiger partial charge in [-0.2, -0.15) is 0 Å². The van der Waals surface area contributed by atoms with Crippen molar-refractivity contribution in [2.45, 2.75) is 45.4 Å². The Morgan fingerprint density at radius 1 is 0.958 bits per heavy atom. The smallest absolute Gasteiger partial charge is 0.185 e. The third-order valence-electron chi connectivity index (χ3n) is 4.34. The van der Waals surface area contributed by atoms with Gasteiger partial charge < -0.3 is 0 Å². The van der Waals surface area contributed by atoms with Crippen molar-refractivity contribution >= 4 is 16.9 Å². The molecule has 2 nitrogen and oxygen atoms in total. The molecule has 0 fully saturated rings. The van der Waals surface area contributed by atoms with Crippen LogP contribution in [-0.4, -0.2) is 15.9 Å². The zero-order valence-corrected chi connectivity index (χ0v) is 15.3. The molecule has 0 bridgehead atoms. The van der Waals surface area contributed by atoms with Crippen LogP contribution in [0.1, 0.15) is 43.7 Å². The summed E-state index contributed by atoms with van der Waals surface area (Å²) < 4.78 is 0. The first kappa shape index (κ1) is 18.7. The lowest BCUT2D eigenvalue weighted by Gasteiger charge is -2.16. The van der Waals surface area contributed by atoms with Gasteiger partial charge in [-0.3, -0.25) is 9.78 Å². The maximum absolute atomic E-state index is 11.2. The fourth-order valence-electron chi connectivity index (χ4n) is 2.96. The molecule has 0 aliphatic rings. The van der Waals surface area contributed by atoms with E-state index in [1.807, 2.05) is 12.4 Å². The number of thioether (sulfide) groups is 1. The third kappa shape index (κ3) is 7.78. The Morgan fingerprint density at radius 2 is 1.67 bits per heavy atom. The van der Waals surface area contributed by atoms with E-state index < -0.39 is 0 Å². The minimum atomic E-state index is 0.229. The van der Waals surface area contributed by atoms with E-state index in [0.717, 1.165) is 25.0 Å². The monoisotopic (exact) mass is 341 g/mol. The molecule has 0 radical (unpaired) electrons. The SMILES string of the molecule is CC(=O)SCCC(CCCc1ccccc1)CCc1ccncc1. The number of aryl methyl sites for hydroxylation is 2. The molecule has 0 spiro atoms. The van der Waals surface area contributed by atoms with E-state index in [1.165, 1.54) is 42.2 Å². The first-order valence-corrected chi connectivity index (χ1v) is 9.79. The normalized spacial score (nSPS) is 12.0. The second-order valence-corrected chi connectivity index (χ2v) is 7.54. The molecule has 2 aromatic rings. The number of benzene rings is 1. The van der Waals surface area contributed by atoms with Gasteiger partial charge in [0.15, 0.2) is 5.12 Å². The highest BCUT2D eigenvalue weighted by molar-refractivity contribution is 8.13.